The standard InChI is InChI=1S/C15H19NO3/c1-3-16(10-12-19-2)15(18)14-8-6-13(7-9-14)5-4-11-17/h6-9,17H,3,10-12H2,1-2H3. The summed E-state index contributed by atoms with van der Waals surface area (Å²) in [6.45, 7) is 3.53. The maximum Gasteiger partial charge on any atom is 0.253 e. The molecule has 0 unspecified atom stereocenters. The molecule has 0 radical (unpaired) electrons. The summed E-state index contributed by atoms with van der Waals surface area (Å²) in [5, 5.41) is 8.61. The predicted octanol–water partition coefficient (Wildman–Crippen LogP) is 1.14. The second-order valence-corrected chi connectivity index (χ2v) is 3.91. The SMILES string of the molecule is CCN(CCOC)C(=O)c1ccc(C#CCO)cc1. The van der Waals surface area contributed by atoms with Crippen LogP contribution in [0.4, 0.5) is 0 Å². The average molecular weight is 261 g/mol. The van der Waals surface area contributed by atoms with E-state index in [0.717, 1.165) is 5.56 Å². The Hall–Kier alpha value is -1.83. The van der Waals surface area contributed by atoms with Crippen molar-refractivity contribution in [3.63, 3.8) is 0 Å². The Morgan fingerprint density at radius 1 is 1.37 bits per heavy atom. The van der Waals surface area contributed by atoms with Crippen molar-refractivity contribution in [2.24, 2.45) is 0 Å². The lowest BCUT2D eigenvalue weighted by molar-refractivity contribution is 0.0706. The molecule has 0 heterocycles. The van der Waals surface area contributed by atoms with E-state index in [-0.39, 0.29) is 12.5 Å². The molecule has 0 fully saturated rings. The molecule has 0 aliphatic carbocycles. The van der Waals surface area contributed by atoms with E-state index in [9.17, 15) is 4.79 Å². The number of carbonyl (C=O) groups is 1. The number of benzene rings is 1. The van der Waals surface area contributed by atoms with Gasteiger partial charge >= 0.3 is 0 Å². The van der Waals surface area contributed by atoms with E-state index in [2.05, 4.69) is 11.8 Å². The fraction of sp³-hybridized carbons (Fsp3) is 0.400. The number of hydrogen-bond acceptors (Lipinski definition) is 3. The third-order valence-corrected chi connectivity index (χ3v) is 2.68. The highest BCUT2D eigenvalue weighted by molar-refractivity contribution is 5.94. The first kappa shape index (κ1) is 15.2. The normalized spacial score (nSPS) is 9.63. The van der Waals surface area contributed by atoms with Crippen LogP contribution in [-0.4, -0.2) is 49.3 Å². The summed E-state index contributed by atoms with van der Waals surface area (Å²) in [6.07, 6.45) is 0. The van der Waals surface area contributed by atoms with Gasteiger partial charge in [0.25, 0.3) is 5.91 Å². The van der Waals surface area contributed by atoms with Gasteiger partial charge in [0.05, 0.1) is 6.61 Å². The first-order chi connectivity index (χ1) is 9.22. The van der Waals surface area contributed by atoms with E-state index < -0.39 is 0 Å². The highest BCUT2D eigenvalue weighted by Crippen LogP contribution is 2.07. The topological polar surface area (TPSA) is 49.8 Å². The van der Waals surface area contributed by atoms with Gasteiger partial charge in [-0.05, 0) is 31.2 Å². The minimum absolute atomic E-state index is 0.0128. The van der Waals surface area contributed by atoms with Crippen molar-refractivity contribution in [1.29, 1.82) is 0 Å². The van der Waals surface area contributed by atoms with Gasteiger partial charge in [0, 0.05) is 31.3 Å². The molecule has 0 spiro atoms. The minimum atomic E-state index is -0.165. The minimum Gasteiger partial charge on any atom is -0.384 e. The molecule has 1 amide bonds. The van der Waals surface area contributed by atoms with Crippen molar-refractivity contribution in [2.45, 2.75) is 6.92 Å². The molecule has 0 bridgehead atoms. The van der Waals surface area contributed by atoms with Gasteiger partial charge in [0.1, 0.15) is 6.61 Å². The van der Waals surface area contributed by atoms with Gasteiger partial charge in [-0.25, -0.2) is 0 Å². The lowest BCUT2D eigenvalue weighted by Gasteiger charge is -2.20. The molecule has 4 nitrogen and oxygen atoms in total. The summed E-state index contributed by atoms with van der Waals surface area (Å²) in [4.78, 5) is 13.9. The number of methoxy groups -OCH3 is 1. The van der Waals surface area contributed by atoms with E-state index in [0.29, 0.717) is 25.3 Å². The summed E-state index contributed by atoms with van der Waals surface area (Å²) >= 11 is 0. The largest absolute Gasteiger partial charge is 0.384 e. The van der Waals surface area contributed by atoms with Crippen LogP contribution in [0.3, 0.4) is 0 Å². The maximum absolute atomic E-state index is 12.2. The predicted molar refractivity (Wildman–Crippen MR) is 73.9 cm³/mol. The lowest BCUT2D eigenvalue weighted by atomic mass is 10.1. The fourth-order valence-corrected chi connectivity index (χ4v) is 1.63. The van der Waals surface area contributed by atoms with E-state index >= 15 is 0 Å². The molecule has 1 aromatic carbocycles. The van der Waals surface area contributed by atoms with Gasteiger partial charge in [0.15, 0.2) is 0 Å². The zero-order chi connectivity index (χ0) is 14.1. The summed E-state index contributed by atoms with van der Waals surface area (Å²) < 4.78 is 4.99. The van der Waals surface area contributed by atoms with Crippen LogP contribution < -0.4 is 0 Å². The zero-order valence-corrected chi connectivity index (χ0v) is 11.3. The van der Waals surface area contributed by atoms with E-state index in [4.69, 9.17) is 9.84 Å². The quantitative estimate of drug-likeness (QED) is 0.809. The number of aliphatic hydroxyl groups excluding tert-OH is 1. The smallest absolute Gasteiger partial charge is 0.253 e. The van der Waals surface area contributed by atoms with Crippen molar-refractivity contribution in [3.8, 4) is 11.8 Å². The highest BCUT2D eigenvalue weighted by atomic mass is 16.5. The summed E-state index contributed by atoms with van der Waals surface area (Å²) in [7, 11) is 1.62. The first-order valence-electron chi connectivity index (χ1n) is 6.21. The Bertz CT molecular complexity index is 457. The maximum atomic E-state index is 12.2. The van der Waals surface area contributed by atoms with Gasteiger partial charge < -0.3 is 14.7 Å². The number of hydrogen-bond donors (Lipinski definition) is 1. The van der Waals surface area contributed by atoms with E-state index in [1.807, 2.05) is 6.92 Å². The van der Waals surface area contributed by atoms with Crippen LogP contribution in [0, 0.1) is 11.8 Å². The van der Waals surface area contributed by atoms with Gasteiger partial charge in [-0.3, -0.25) is 4.79 Å². The molecular weight excluding hydrogens is 242 g/mol. The second kappa shape index (κ2) is 8.30. The average Bonchev–Trinajstić information content (AvgIpc) is 2.46. The number of carbonyl (C=O) groups excluding carboxylic acids is 1. The van der Waals surface area contributed by atoms with Crippen LogP contribution >= 0.6 is 0 Å². The Morgan fingerprint density at radius 2 is 2.05 bits per heavy atom. The van der Waals surface area contributed by atoms with Crippen molar-refractivity contribution < 1.29 is 14.6 Å². The van der Waals surface area contributed by atoms with Gasteiger partial charge in [-0.1, -0.05) is 11.8 Å². The molecular formula is C15H19NO3. The third kappa shape index (κ3) is 4.74. The Kier molecular flexibility index (Phi) is 6.65. The molecule has 0 aliphatic heterocycles. The molecule has 0 saturated heterocycles. The van der Waals surface area contributed by atoms with Crippen molar-refractivity contribution in [1.82, 2.24) is 4.90 Å². The van der Waals surface area contributed by atoms with Crippen LogP contribution in [0.5, 0.6) is 0 Å². The third-order valence-electron chi connectivity index (χ3n) is 2.68. The van der Waals surface area contributed by atoms with Crippen LogP contribution in [0.15, 0.2) is 24.3 Å². The molecule has 0 atom stereocenters. The number of likely N-dealkylation sites (N-methyl/N-ethyl adjacent to an activating group) is 1. The summed E-state index contributed by atoms with van der Waals surface area (Å²) in [5.74, 6) is 5.35. The number of aliphatic hydroxyl groups is 1. The van der Waals surface area contributed by atoms with Gasteiger partial charge in [-0.15, -0.1) is 0 Å². The summed E-state index contributed by atoms with van der Waals surface area (Å²) in [6, 6.07) is 7.05. The Labute approximate surface area is 114 Å². The molecule has 4 heteroatoms. The van der Waals surface area contributed by atoms with Gasteiger partial charge in [0.2, 0.25) is 0 Å². The van der Waals surface area contributed by atoms with Gasteiger partial charge in [-0.2, -0.15) is 0 Å². The molecule has 1 N–H and O–H groups in total. The van der Waals surface area contributed by atoms with Crippen molar-refractivity contribution in [2.75, 3.05) is 33.4 Å². The van der Waals surface area contributed by atoms with Crippen molar-refractivity contribution in [3.05, 3.63) is 35.4 Å². The first-order valence-corrected chi connectivity index (χ1v) is 6.21. The van der Waals surface area contributed by atoms with Crippen LogP contribution in [-0.2, 0) is 4.74 Å². The Balaban J connectivity index is 2.75. The van der Waals surface area contributed by atoms with E-state index in [1.54, 1.807) is 36.3 Å². The summed E-state index contributed by atoms with van der Waals surface area (Å²) in [5.41, 5.74) is 1.41. The van der Waals surface area contributed by atoms with E-state index in [1.165, 1.54) is 0 Å². The second-order valence-electron chi connectivity index (χ2n) is 3.91. The molecule has 0 aliphatic rings. The van der Waals surface area contributed by atoms with Crippen LogP contribution in [0.1, 0.15) is 22.8 Å². The molecule has 19 heavy (non-hydrogen) atoms. The number of rotatable bonds is 5. The number of nitrogens with zero attached hydrogens (tertiary/aromatic N) is 1. The lowest BCUT2D eigenvalue weighted by Crippen LogP contribution is -2.33. The molecule has 0 saturated carbocycles. The monoisotopic (exact) mass is 261 g/mol. The fourth-order valence-electron chi connectivity index (χ4n) is 1.63. The Morgan fingerprint density at radius 3 is 2.58 bits per heavy atom. The molecule has 1 aromatic rings. The zero-order valence-electron chi connectivity index (χ0n) is 11.3. The van der Waals surface area contributed by atoms with Crippen molar-refractivity contribution >= 4 is 5.91 Å². The van der Waals surface area contributed by atoms with Crippen LogP contribution in [0.25, 0.3) is 0 Å². The number of ether oxygens (including phenoxy) is 1. The highest BCUT2D eigenvalue weighted by Gasteiger charge is 2.13. The number of amides is 1. The molecule has 102 valence electrons. The molecule has 1 rings (SSSR count). The van der Waals surface area contributed by atoms with Crippen LogP contribution in [0.2, 0.25) is 0 Å². The molecule has 0 aromatic heterocycles.